The third-order valence-electron chi connectivity index (χ3n) is 1.50. The molecule has 0 aliphatic carbocycles. The van der Waals surface area contributed by atoms with Crippen molar-refractivity contribution < 1.29 is 4.79 Å². The highest BCUT2D eigenvalue weighted by atomic mass is 35.5. The number of benzene rings is 1. The van der Waals surface area contributed by atoms with Crippen LogP contribution >= 0.6 is 23.2 Å². The maximum atomic E-state index is 10.0. The number of nitrogens with two attached hydrogens (primary N) is 1. The van der Waals surface area contributed by atoms with Crippen molar-refractivity contribution in [2.24, 2.45) is 0 Å². The van der Waals surface area contributed by atoms with Crippen LogP contribution in [-0.2, 0) is 4.79 Å². The molecular weight excluding hydrogens is 221 g/mol. The zero-order valence-electron chi connectivity index (χ0n) is 7.18. The first-order chi connectivity index (χ1) is 6.65. The number of nitrogen functional groups attached to an aromatic ring is 1. The summed E-state index contributed by atoms with van der Waals surface area (Å²) >= 11 is 11.5. The molecule has 0 bridgehead atoms. The fourth-order valence-electron chi connectivity index (χ4n) is 0.876. The Morgan fingerprint density at radius 2 is 2.14 bits per heavy atom. The van der Waals surface area contributed by atoms with Crippen molar-refractivity contribution in [3.63, 3.8) is 0 Å². The van der Waals surface area contributed by atoms with Crippen LogP contribution in [0.2, 0.25) is 10.0 Å². The Bertz CT molecular complexity index is 418. The van der Waals surface area contributed by atoms with E-state index in [2.05, 4.69) is 11.8 Å². The maximum Gasteiger partial charge on any atom is 0.131 e. The first-order valence-corrected chi connectivity index (χ1v) is 4.57. The molecule has 0 fully saturated rings. The Hall–Kier alpha value is -1.17. The van der Waals surface area contributed by atoms with Crippen LogP contribution in [0.3, 0.4) is 0 Å². The fourth-order valence-corrected chi connectivity index (χ4v) is 1.37. The minimum Gasteiger partial charge on any atom is -0.397 e. The van der Waals surface area contributed by atoms with Crippen LogP contribution < -0.4 is 5.73 Å². The Morgan fingerprint density at radius 1 is 1.43 bits per heavy atom. The van der Waals surface area contributed by atoms with E-state index in [1.807, 2.05) is 0 Å². The summed E-state index contributed by atoms with van der Waals surface area (Å²) in [7, 11) is 0. The molecule has 0 saturated heterocycles. The topological polar surface area (TPSA) is 43.1 Å². The van der Waals surface area contributed by atoms with E-state index in [9.17, 15) is 4.79 Å². The lowest BCUT2D eigenvalue weighted by molar-refractivity contribution is -0.107. The number of hydrogen-bond donors (Lipinski definition) is 1. The number of hydrogen-bond acceptors (Lipinski definition) is 2. The van der Waals surface area contributed by atoms with E-state index in [0.717, 1.165) is 6.29 Å². The second-order valence-electron chi connectivity index (χ2n) is 2.52. The highest BCUT2D eigenvalue weighted by Gasteiger charge is 2.02. The normalized spacial score (nSPS) is 9.00. The van der Waals surface area contributed by atoms with Crippen LogP contribution in [0.5, 0.6) is 0 Å². The number of aldehydes is 1. The van der Waals surface area contributed by atoms with E-state index < -0.39 is 0 Å². The number of rotatable bonds is 1. The first kappa shape index (κ1) is 10.9. The zero-order valence-corrected chi connectivity index (χ0v) is 8.69. The molecule has 0 aliphatic heterocycles. The van der Waals surface area contributed by atoms with Crippen LogP contribution in [0.4, 0.5) is 5.69 Å². The molecule has 0 radical (unpaired) electrons. The number of halogens is 2. The van der Waals surface area contributed by atoms with Crippen molar-refractivity contribution in [3.05, 3.63) is 27.7 Å². The second-order valence-corrected chi connectivity index (χ2v) is 3.37. The van der Waals surface area contributed by atoms with E-state index in [1.165, 1.54) is 0 Å². The van der Waals surface area contributed by atoms with E-state index >= 15 is 0 Å². The van der Waals surface area contributed by atoms with Gasteiger partial charge in [0.05, 0.1) is 22.7 Å². The second kappa shape index (κ2) is 4.90. The van der Waals surface area contributed by atoms with Crippen LogP contribution in [0.25, 0.3) is 0 Å². The molecule has 0 aromatic heterocycles. The summed E-state index contributed by atoms with van der Waals surface area (Å²) in [4.78, 5) is 10.0. The largest absolute Gasteiger partial charge is 0.397 e. The predicted molar refractivity (Wildman–Crippen MR) is 58.4 cm³/mol. The number of carbonyl (C=O) groups excluding carboxylic acids is 1. The molecule has 0 aliphatic rings. The number of carbonyl (C=O) groups is 1. The van der Waals surface area contributed by atoms with Crippen molar-refractivity contribution in [1.82, 2.24) is 0 Å². The van der Waals surface area contributed by atoms with Crippen LogP contribution in [-0.4, -0.2) is 6.29 Å². The van der Waals surface area contributed by atoms with Gasteiger partial charge in [-0.15, -0.1) is 0 Å². The fraction of sp³-hybridized carbons (Fsp3) is 0.100. The van der Waals surface area contributed by atoms with Gasteiger partial charge in [-0.2, -0.15) is 0 Å². The van der Waals surface area contributed by atoms with Gasteiger partial charge in [-0.25, -0.2) is 0 Å². The lowest BCUT2D eigenvalue weighted by atomic mass is 10.2. The Kier molecular flexibility index (Phi) is 3.82. The Balaban J connectivity index is 3.09. The summed E-state index contributed by atoms with van der Waals surface area (Å²) in [5, 5.41) is 0.840. The molecule has 72 valence electrons. The molecule has 0 spiro atoms. The molecule has 4 heteroatoms. The summed E-state index contributed by atoms with van der Waals surface area (Å²) in [5.41, 5.74) is 6.58. The Morgan fingerprint density at radius 3 is 2.79 bits per heavy atom. The van der Waals surface area contributed by atoms with Crippen molar-refractivity contribution in [2.75, 3.05) is 5.73 Å². The minimum atomic E-state index is 0.170. The average molecular weight is 228 g/mol. The highest BCUT2D eigenvalue weighted by Crippen LogP contribution is 2.26. The van der Waals surface area contributed by atoms with Gasteiger partial charge < -0.3 is 10.5 Å². The first-order valence-electron chi connectivity index (χ1n) is 3.82. The molecule has 0 amide bonds. The van der Waals surface area contributed by atoms with Gasteiger partial charge in [0.1, 0.15) is 6.29 Å². The van der Waals surface area contributed by atoms with Gasteiger partial charge in [0.15, 0.2) is 0 Å². The van der Waals surface area contributed by atoms with Gasteiger partial charge in [-0.05, 0) is 12.1 Å². The molecule has 2 N–H and O–H groups in total. The van der Waals surface area contributed by atoms with E-state index in [4.69, 9.17) is 28.9 Å². The van der Waals surface area contributed by atoms with Gasteiger partial charge in [-0.1, -0.05) is 35.0 Å². The molecule has 0 unspecified atom stereocenters. The lowest BCUT2D eigenvalue weighted by Gasteiger charge is -2.01. The quantitative estimate of drug-likeness (QED) is 0.456. The predicted octanol–water partition coefficient (Wildman–Crippen LogP) is 2.52. The molecular formula is C10H7Cl2NO. The molecule has 14 heavy (non-hydrogen) atoms. The standard InChI is InChI=1S/C10H7Cl2NO/c11-8-5-7(3-1-2-4-14)10(13)9(12)6-8/h4-6H,2,13H2. The minimum absolute atomic E-state index is 0.170. The molecule has 0 heterocycles. The molecule has 1 aromatic rings. The summed E-state index contributed by atoms with van der Waals surface area (Å²) in [6.45, 7) is 0. The molecule has 0 saturated carbocycles. The van der Waals surface area contributed by atoms with Gasteiger partial charge in [0, 0.05) is 5.02 Å². The summed E-state index contributed by atoms with van der Waals surface area (Å²) in [6, 6.07) is 3.16. The molecule has 1 rings (SSSR count). The molecule has 0 atom stereocenters. The zero-order chi connectivity index (χ0) is 10.6. The van der Waals surface area contributed by atoms with Gasteiger partial charge in [0.25, 0.3) is 0 Å². The smallest absolute Gasteiger partial charge is 0.131 e. The van der Waals surface area contributed by atoms with Crippen molar-refractivity contribution in [3.8, 4) is 11.8 Å². The van der Waals surface area contributed by atoms with Gasteiger partial charge in [-0.3, -0.25) is 0 Å². The summed E-state index contributed by atoms with van der Waals surface area (Å²) in [5.74, 6) is 5.35. The lowest BCUT2D eigenvalue weighted by Crippen LogP contribution is -1.91. The van der Waals surface area contributed by atoms with Gasteiger partial charge >= 0.3 is 0 Å². The van der Waals surface area contributed by atoms with Gasteiger partial charge in [0.2, 0.25) is 0 Å². The van der Waals surface area contributed by atoms with Crippen molar-refractivity contribution >= 4 is 35.2 Å². The van der Waals surface area contributed by atoms with Crippen molar-refractivity contribution in [1.29, 1.82) is 0 Å². The van der Waals surface area contributed by atoms with Crippen LogP contribution in [0, 0.1) is 11.8 Å². The summed E-state index contributed by atoms with van der Waals surface area (Å²) in [6.07, 6.45) is 0.888. The Labute approximate surface area is 92.0 Å². The highest BCUT2D eigenvalue weighted by molar-refractivity contribution is 6.36. The van der Waals surface area contributed by atoms with Crippen molar-refractivity contribution in [2.45, 2.75) is 6.42 Å². The van der Waals surface area contributed by atoms with E-state index in [-0.39, 0.29) is 6.42 Å². The maximum absolute atomic E-state index is 10.0. The third kappa shape index (κ3) is 2.66. The number of anilines is 1. The van der Waals surface area contributed by atoms with E-state index in [0.29, 0.717) is 21.3 Å². The van der Waals surface area contributed by atoms with Crippen LogP contribution in [0.15, 0.2) is 12.1 Å². The van der Waals surface area contributed by atoms with Crippen LogP contribution in [0.1, 0.15) is 12.0 Å². The third-order valence-corrected chi connectivity index (χ3v) is 2.03. The molecule has 2 nitrogen and oxygen atoms in total. The summed E-state index contributed by atoms with van der Waals surface area (Å²) < 4.78 is 0. The average Bonchev–Trinajstić information content (AvgIpc) is 2.13. The SMILES string of the molecule is Nc1c(Cl)cc(Cl)cc1C#CCC=O. The monoisotopic (exact) mass is 227 g/mol. The van der Waals surface area contributed by atoms with E-state index in [1.54, 1.807) is 12.1 Å². The molecule has 1 aromatic carbocycles.